The van der Waals surface area contributed by atoms with Gasteiger partial charge >= 0.3 is 6.18 Å². The van der Waals surface area contributed by atoms with Crippen molar-refractivity contribution in [1.82, 2.24) is 14.6 Å². The van der Waals surface area contributed by atoms with Crippen LogP contribution in [0.2, 0.25) is 5.02 Å². The molecule has 7 heteroatoms. The lowest BCUT2D eigenvalue weighted by molar-refractivity contribution is -0.142. The summed E-state index contributed by atoms with van der Waals surface area (Å²) in [6.45, 7) is 0. The molecule has 0 unspecified atom stereocenters. The van der Waals surface area contributed by atoms with Crippen LogP contribution in [0.15, 0.2) is 36.5 Å². The smallest absolute Gasteiger partial charge is 0.227 e. The second kappa shape index (κ2) is 5.04. The summed E-state index contributed by atoms with van der Waals surface area (Å²) in [6.07, 6.45) is 1.89. The van der Waals surface area contributed by atoms with Gasteiger partial charge in [-0.15, -0.1) is 6.42 Å². The number of hydrogen-bond acceptors (Lipinski definition) is 2. The highest BCUT2D eigenvalue weighted by Crippen LogP contribution is 2.32. The number of benzene rings is 1. The monoisotopic (exact) mass is 321 g/mol. The van der Waals surface area contributed by atoms with Gasteiger partial charge in [0, 0.05) is 10.6 Å². The number of aromatic nitrogens is 3. The fourth-order valence-corrected chi connectivity index (χ4v) is 2.16. The van der Waals surface area contributed by atoms with Crippen LogP contribution in [0.4, 0.5) is 13.2 Å². The Bertz CT molecular complexity index is 889. The van der Waals surface area contributed by atoms with Crippen LogP contribution in [0.1, 0.15) is 11.3 Å². The summed E-state index contributed by atoms with van der Waals surface area (Å²) < 4.78 is 40.4. The molecule has 110 valence electrons. The summed E-state index contributed by atoms with van der Waals surface area (Å²) in [5.74, 6) is 2.28. The highest BCUT2D eigenvalue weighted by molar-refractivity contribution is 6.30. The van der Waals surface area contributed by atoms with Crippen molar-refractivity contribution in [1.29, 1.82) is 0 Å². The summed E-state index contributed by atoms with van der Waals surface area (Å²) in [6, 6.07) is 7.27. The van der Waals surface area contributed by atoms with Crippen LogP contribution in [0.5, 0.6) is 0 Å². The molecule has 0 saturated heterocycles. The Labute approximate surface area is 128 Å². The zero-order chi connectivity index (χ0) is 15.9. The van der Waals surface area contributed by atoms with Crippen LogP contribution in [0.3, 0.4) is 0 Å². The van der Waals surface area contributed by atoms with Crippen molar-refractivity contribution in [3.63, 3.8) is 0 Å². The Morgan fingerprint density at radius 2 is 1.86 bits per heavy atom. The Morgan fingerprint density at radius 3 is 2.45 bits per heavy atom. The molecule has 0 radical (unpaired) electrons. The van der Waals surface area contributed by atoms with Crippen molar-refractivity contribution >= 4 is 17.2 Å². The van der Waals surface area contributed by atoms with Crippen molar-refractivity contribution in [3.8, 4) is 23.6 Å². The van der Waals surface area contributed by atoms with E-state index in [9.17, 15) is 13.2 Å². The molecule has 1 aromatic carbocycles. The molecule has 0 aliphatic heterocycles. The molecule has 0 N–H and O–H groups in total. The Kier molecular flexibility index (Phi) is 3.30. The van der Waals surface area contributed by atoms with Crippen LogP contribution in [-0.4, -0.2) is 14.6 Å². The molecule has 0 bridgehead atoms. The first-order valence-corrected chi connectivity index (χ1v) is 6.46. The van der Waals surface area contributed by atoms with Crippen molar-refractivity contribution in [2.45, 2.75) is 6.18 Å². The summed E-state index contributed by atoms with van der Waals surface area (Å²) in [7, 11) is 0. The molecule has 3 aromatic rings. The molecule has 3 rings (SSSR count). The van der Waals surface area contributed by atoms with Gasteiger partial charge in [0.2, 0.25) is 0 Å². The number of halogens is 4. The van der Waals surface area contributed by atoms with Crippen molar-refractivity contribution < 1.29 is 13.2 Å². The maximum Gasteiger partial charge on any atom is 0.433 e. The van der Waals surface area contributed by atoms with Crippen molar-refractivity contribution in [2.24, 2.45) is 0 Å². The highest BCUT2D eigenvalue weighted by atomic mass is 35.5. The number of fused-ring (bicyclic) bond motifs is 1. The average Bonchev–Trinajstić information content (AvgIpc) is 2.88. The summed E-state index contributed by atoms with van der Waals surface area (Å²) in [5.41, 5.74) is -0.109. The minimum Gasteiger partial charge on any atom is -0.227 e. The number of terminal acetylenes is 1. The summed E-state index contributed by atoms with van der Waals surface area (Å²) in [4.78, 5) is 4.19. The molecular formula is C15H7ClF3N3. The number of alkyl halides is 3. The zero-order valence-electron chi connectivity index (χ0n) is 10.9. The minimum absolute atomic E-state index is 0.0118. The van der Waals surface area contributed by atoms with E-state index in [1.54, 1.807) is 24.3 Å². The Hall–Kier alpha value is -2.52. The fraction of sp³-hybridized carbons (Fsp3) is 0.0667. The van der Waals surface area contributed by atoms with Gasteiger partial charge in [-0.05, 0) is 18.2 Å². The lowest BCUT2D eigenvalue weighted by Gasteiger charge is -2.11. The largest absolute Gasteiger partial charge is 0.433 e. The second-order valence-electron chi connectivity index (χ2n) is 4.47. The van der Waals surface area contributed by atoms with E-state index in [0.717, 1.165) is 6.07 Å². The van der Waals surface area contributed by atoms with Gasteiger partial charge in [-0.25, -0.2) is 9.50 Å². The molecule has 22 heavy (non-hydrogen) atoms. The van der Waals surface area contributed by atoms with Gasteiger partial charge in [0.25, 0.3) is 0 Å². The SMILES string of the molecule is C#Cc1cnn2c(C(F)(F)F)cc(-c3ccc(Cl)cc3)nc12. The first kappa shape index (κ1) is 14.4. The third-order valence-corrected chi connectivity index (χ3v) is 3.31. The highest BCUT2D eigenvalue weighted by Gasteiger charge is 2.35. The zero-order valence-corrected chi connectivity index (χ0v) is 11.7. The maximum absolute atomic E-state index is 13.2. The van der Waals surface area contributed by atoms with E-state index in [1.807, 2.05) is 0 Å². The Balaban J connectivity index is 2.32. The van der Waals surface area contributed by atoms with Crippen molar-refractivity contribution in [2.75, 3.05) is 0 Å². The normalized spacial score (nSPS) is 11.6. The van der Waals surface area contributed by atoms with Crippen LogP contribution < -0.4 is 0 Å². The van der Waals surface area contributed by atoms with Gasteiger partial charge in [0.1, 0.15) is 0 Å². The topological polar surface area (TPSA) is 30.2 Å². The van der Waals surface area contributed by atoms with E-state index in [2.05, 4.69) is 16.0 Å². The predicted octanol–water partition coefficient (Wildman–Crippen LogP) is 4.05. The predicted molar refractivity (Wildman–Crippen MR) is 76.4 cm³/mol. The quantitative estimate of drug-likeness (QED) is 0.633. The second-order valence-corrected chi connectivity index (χ2v) is 4.91. The first-order chi connectivity index (χ1) is 10.4. The van der Waals surface area contributed by atoms with Gasteiger partial charge in [-0.1, -0.05) is 29.7 Å². The molecule has 0 amide bonds. The van der Waals surface area contributed by atoms with E-state index in [4.69, 9.17) is 18.0 Å². The molecule has 2 aromatic heterocycles. The third kappa shape index (κ3) is 2.40. The van der Waals surface area contributed by atoms with Gasteiger partial charge < -0.3 is 0 Å². The number of rotatable bonds is 1. The van der Waals surface area contributed by atoms with Gasteiger partial charge in [-0.2, -0.15) is 18.3 Å². The van der Waals surface area contributed by atoms with Crippen LogP contribution in [0.25, 0.3) is 16.9 Å². The molecule has 0 spiro atoms. The molecule has 0 fully saturated rings. The molecule has 0 aliphatic carbocycles. The molecule has 0 atom stereocenters. The first-order valence-electron chi connectivity index (χ1n) is 6.08. The van der Waals surface area contributed by atoms with E-state index in [-0.39, 0.29) is 16.9 Å². The van der Waals surface area contributed by atoms with E-state index >= 15 is 0 Å². The average molecular weight is 322 g/mol. The van der Waals surface area contributed by atoms with E-state index < -0.39 is 11.9 Å². The summed E-state index contributed by atoms with van der Waals surface area (Å²) >= 11 is 5.79. The number of hydrogen-bond donors (Lipinski definition) is 0. The lowest BCUT2D eigenvalue weighted by Crippen LogP contribution is -2.13. The van der Waals surface area contributed by atoms with Crippen LogP contribution >= 0.6 is 11.6 Å². The third-order valence-electron chi connectivity index (χ3n) is 3.06. The summed E-state index contributed by atoms with van der Waals surface area (Å²) in [5, 5.41) is 4.16. The van der Waals surface area contributed by atoms with Gasteiger partial charge in [-0.3, -0.25) is 0 Å². The Morgan fingerprint density at radius 1 is 1.18 bits per heavy atom. The maximum atomic E-state index is 13.2. The van der Waals surface area contributed by atoms with E-state index in [0.29, 0.717) is 15.1 Å². The van der Waals surface area contributed by atoms with E-state index in [1.165, 1.54) is 6.20 Å². The molecule has 0 aliphatic rings. The molecular weight excluding hydrogens is 315 g/mol. The number of nitrogens with zero attached hydrogens (tertiary/aromatic N) is 3. The minimum atomic E-state index is -4.58. The standard InChI is InChI=1S/C15H7ClF3N3/c1-2-9-8-20-22-13(15(17,18)19)7-12(21-14(9)22)10-3-5-11(16)6-4-10/h1,3-8H. The van der Waals surface area contributed by atoms with Gasteiger partial charge in [0.15, 0.2) is 11.3 Å². The lowest BCUT2D eigenvalue weighted by atomic mass is 10.1. The molecule has 2 heterocycles. The van der Waals surface area contributed by atoms with Crippen LogP contribution in [0, 0.1) is 12.3 Å². The van der Waals surface area contributed by atoms with Crippen molar-refractivity contribution in [3.05, 3.63) is 52.8 Å². The fourth-order valence-electron chi connectivity index (χ4n) is 2.04. The van der Waals surface area contributed by atoms with Gasteiger partial charge in [0.05, 0.1) is 17.5 Å². The molecule has 0 saturated carbocycles. The van der Waals surface area contributed by atoms with Crippen LogP contribution in [-0.2, 0) is 6.18 Å². The molecule has 3 nitrogen and oxygen atoms in total.